The highest BCUT2D eigenvalue weighted by molar-refractivity contribution is 9.11. The molecular weight excluding hydrogens is 417 g/mol. The molecule has 1 unspecified atom stereocenters. The van der Waals surface area contributed by atoms with Crippen molar-refractivity contribution in [3.05, 3.63) is 55.9 Å². The van der Waals surface area contributed by atoms with Gasteiger partial charge in [-0.25, -0.2) is 0 Å². The van der Waals surface area contributed by atoms with Crippen molar-refractivity contribution in [1.82, 2.24) is 0 Å². The molecule has 0 bridgehead atoms. The van der Waals surface area contributed by atoms with E-state index in [1.54, 1.807) is 0 Å². The third kappa shape index (κ3) is 4.46. The molecule has 2 N–H and O–H groups in total. The van der Waals surface area contributed by atoms with E-state index in [4.69, 9.17) is 22.1 Å². The molecule has 2 aromatic rings. The van der Waals surface area contributed by atoms with Crippen LogP contribution in [0, 0.1) is 0 Å². The second-order valence-electron chi connectivity index (χ2n) is 4.77. The first-order valence-electron chi connectivity index (χ1n) is 6.67. The zero-order valence-corrected chi connectivity index (χ0v) is 15.5. The Bertz CT molecular complexity index is 634. The maximum atomic E-state index is 6.31. The van der Waals surface area contributed by atoms with Crippen LogP contribution in [0.3, 0.4) is 0 Å². The highest BCUT2D eigenvalue weighted by Gasteiger charge is 2.13. The third-order valence-corrected chi connectivity index (χ3v) is 4.65. The smallest absolute Gasteiger partial charge is 0.141 e. The fraction of sp³-hybridized carbons (Fsp3) is 0.250. The van der Waals surface area contributed by atoms with Crippen molar-refractivity contribution in [2.75, 3.05) is 0 Å². The SMILES string of the molecule is CCC(N)Cc1c(Cl)cccc1Oc1ccc(Br)cc1Br. The Morgan fingerprint density at radius 3 is 2.62 bits per heavy atom. The summed E-state index contributed by atoms with van der Waals surface area (Å²) in [5.74, 6) is 1.49. The van der Waals surface area contributed by atoms with Gasteiger partial charge in [-0.05, 0) is 59.1 Å². The van der Waals surface area contributed by atoms with Gasteiger partial charge in [0.05, 0.1) is 4.47 Å². The summed E-state index contributed by atoms with van der Waals surface area (Å²) in [7, 11) is 0. The molecule has 2 nitrogen and oxygen atoms in total. The van der Waals surface area contributed by atoms with Crippen LogP contribution in [0.25, 0.3) is 0 Å². The van der Waals surface area contributed by atoms with E-state index in [9.17, 15) is 0 Å². The van der Waals surface area contributed by atoms with E-state index >= 15 is 0 Å². The lowest BCUT2D eigenvalue weighted by Gasteiger charge is -2.16. The molecule has 0 aliphatic carbocycles. The monoisotopic (exact) mass is 431 g/mol. The zero-order chi connectivity index (χ0) is 15.4. The second kappa shape index (κ2) is 7.63. The van der Waals surface area contributed by atoms with Crippen LogP contribution < -0.4 is 10.5 Å². The molecule has 0 saturated carbocycles. The molecule has 0 spiro atoms. The lowest BCUT2D eigenvalue weighted by atomic mass is 10.0. The van der Waals surface area contributed by atoms with Crippen LogP contribution >= 0.6 is 43.5 Å². The molecule has 0 radical (unpaired) electrons. The summed E-state index contributed by atoms with van der Waals surface area (Å²) in [6.45, 7) is 2.06. The molecule has 0 amide bonds. The summed E-state index contributed by atoms with van der Waals surface area (Å²) in [6, 6.07) is 11.5. The molecule has 1 atom stereocenters. The Hall–Kier alpha value is -0.550. The molecule has 0 heterocycles. The van der Waals surface area contributed by atoms with Gasteiger partial charge in [-0.2, -0.15) is 0 Å². The minimum absolute atomic E-state index is 0.0700. The number of ether oxygens (including phenoxy) is 1. The van der Waals surface area contributed by atoms with Crippen LogP contribution in [0.15, 0.2) is 45.3 Å². The summed E-state index contributed by atoms with van der Waals surface area (Å²) >= 11 is 13.2. The Balaban J connectivity index is 2.33. The lowest BCUT2D eigenvalue weighted by molar-refractivity contribution is 0.469. The van der Waals surface area contributed by atoms with Gasteiger partial charge >= 0.3 is 0 Å². The maximum Gasteiger partial charge on any atom is 0.141 e. The predicted molar refractivity (Wildman–Crippen MR) is 95.3 cm³/mol. The predicted octanol–water partition coefficient (Wildman–Crippen LogP) is 5.94. The maximum absolute atomic E-state index is 6.31. The van der Waals surface area contributed by atoms with Crippen LogP contribution in [0.5, 0.6) is 11.5 Å². The number of rotatable bonds is 5. The van der Waals surface area contributed by atoms with Crippen molar-refractivity contribution in [3.8, 4) is 11.5 Å². The van der Waals surface area contributed by atoms with Gasteiger partial charge in [0.25, 0.3) is 0 Å². The largest absolute Gasteiger partial charge is 0.456 e. The van der Waals surface area contributed by atoms with Crippen molar-refractivity contribution in [2.45, 2.75) is 25.8 Å². The fourth-order valence-electron chi connectivity index (χ4n) is 1.92. The number of halogens is 3. The standard InChI is InChI=1S/C16H16Br2ClNO/c1-2-11(20)9-12-14(19)4-3-5-15(12)21-16-7-6-10(17)8-13(16)18/h3-8,11H,2,9,20H2,1H3. The number of nitrogens with two attached hydrogens (primary N) is 1. The van der Waals surface area contributed by atoms with Gasteiger partial charge in [-0.15, -0.1) is 0 Å². The molecule has 112 valence electrons. The molecular formula is C16H16Br2ClNO. The van der Waals surface area contributed by atoms with Gasteiger partial charge in [0.2, 0.25) is 0 Å². The normalized spacial score (nSPS) is 12.2. The molecule has 0 saturated heterocycles. The van der Waals surface area contributed by atoms with Crippen molar-refractivity contribution in [3.63, 3.8) is 0 Å². The van der Waals surface area contributed by atoms with E-state index in [-0.39, 0.29) is 6.04 Å². The van der Waals surface area contributed by atoms with E-state index < -0.39 is 0 Å². The van der Waals surface area contributed by atoms with E-state index in [0.29, 0.717) is 11.4 Å². The number of hydrogen-bond acceptors (Lipinski definition) is 2. The highest BCUT2D eigenvalue weighted by atomic mass is 79.9. The van der Waals surface area contributed by atoms with Crippen LogP contribution in [0.1, 0.15) is 18.9 Å². The quantitative estimate of drug-likeness (QED) is 0.634. The Labute approximate surface area is 146 Å². The van der Waals surface area contributed by atoms with E-state index in [0.717, 1.165) is 32.4 Å². The summed E-state index contributed by atoms with van der Waals surface area (Å²) in [5.41, 5.74) is 7.00. The molecule has 2 rings (SSSR count). The zero-order valence-electron chi connectivity index (χ0n) is 11.6. The first-order valence-corrected chi connectivity index (χ1v) is 8.63. The van der Waals surface area contributed by atoms with Gasteiger partial charge in [0.15, 0.2) is 0 Å². The fourth-order valence-corrected chi connectivity index (χ4v) is 3.29. The van der Waals surface area contributed by atoms with Gasteiger partial charge in [0, 0.05) is 21.1 Å². The van der Waals surface area contributed by atoms with Crippen molar-refractivity contribution < 1.29 is 4.74 Å². The Morgan fingerprint density at radius 2 is 1.95 bits per heavy atom. The number of hydrogen-bond donors (Lipinski definition) is 1. The topological polar surface area (TPSA) is 35.2 Å². The van der Waals surface area contributed by atoms with E-state index in [2.05, 4.69) is 38.8 Å². The van der Waals surface area contributed by atoms with Crippen LogP contribution in [-0.2, 0) is 6.42 Å². The lowest BCUT2D eigenvalue weighted by Crippen LogP contribution is -2.21. The molecule has 0 aliphatic heterocycles. The molecule has 2 aromatic carbocycles. The number of benzene rings is 2. The first-order chi connectivity index (χ1) is 10.0. The second-order valence-corrected chi connectivity index (χ2v) is 6.94. The molecule has 0 aromatic heterocycles. The van der Waals surface area contributed by atoms with Gasteiger partial charge in [-0.3, -0.25) is 0 Å². The van der Waals surface area contributed by atoms with Crippen LogP contribution in [-0.4, -0.2) is 6.04 Å². The Kier molecular flexibility index (Phi) is 6.11. The van der Waals surface area contributed by atoms with Gasteiger partial charge < -0.3 is 10.5 Å². The van der Waals surface area contributed by atoms with E-state index in [1.165, 1.54) is 0 Å². The molecule has 21 heavy (non-hydrogen) atoms. The van der Waals surface area contributed by atoms with E-state index in [1.807, 2.05) is 36.4 Å². The average Bonchev–Trinajstić information content (AvgIpc) is 2.45. The third-order valence-electron chi connectivity index (χ3n) is 3.18. The summed E-state index contributed by atoms with van der Waals surface area (Å²) < 4.78 is 7.88. The van der Waals surface area contributed by atoms with Gasteiger partial charge in [0.1, 0.15) is 11.5 Å². The highest BCUT2D eigenvalue weighted by Crippen LogP contribution is 2.36. The van der Waals surface area contributed by atoms with Crippen molar-refractivity contribution in [1.29, 1.82) is 0 Å². The first kappa shape index (κ1) is 16.8. The summed E-state index contributed by atoms with van der Waals surface area (Å²) in [6.07, 6.45) is 1.59. The van der Waals surface area contributed by atoms with Crippen LogP contribution in [0.2, 0.25) is 5.02 Å². The minimum atomic E-state index is 0.0700. The summed E-state index contributed by atoms with van der Waals surface area (Å²) in [4.78, 5) is 0. The van der Waals surface area contributed by atoms with Crippen molar-refractivity contribution in [2.24, 2.45) is 5.73 Å². The average molecular weight is 434 g/mol. The molecule has 5 heteroatoms. The summed E-state index contributed by atoms with van der Waals surface area (Å²) in [5, 5.41) is 0.685. The van der Waals surface area contributed by atoms with Gasteiger partial charge in [-0.1, -0.05) is 40.5 Å². The minimum Gasteiger partial charge on any atom is -0.456 e. The molecule has 0 aliphatic rings. The van der Waals surface area contributed by atoms with Crippen molar-refractivity contribution >= 4 is 43.5 Å². The molecule has 0 fully saturated rings. The Morgan fingerprint density at radius 1 is 1.19 bits per heavy atom. The van der Waals surface area contributed by atoms with Crippen LogP contribution in [0.4, 0.5) is 0 Å².